The van der Waals surface area contributed by atoms with Crippen molar-refractivity contribution in [2.45, 2.75) is 26.7 Å². The number of aryl methyl sites for hydroxylation is 1. The summed E-state index contributed by atoms with van der Waals surface area (Å²) in [5.74, 6) is 2.03. The predicted molar refractivity (Wildman–Crippen MR) is 89.8 cm³/mol. The SMILES string of the molecule is CCCCOc1ccc(C=NNc2cc(Cl)nc(C)n2)cc1. The van der Waals surface area contributed by atoms with Crippen LogP contribution >= 0.6 is 11.6 Å². The lowest BCUT2D eigenvalue weighted by molar-refractivity contribution is 0.309. The molecular formula is C16H19ClN4O. The number of rotatable bonds is 7. The summed E-state index contributed by atoms with van der Waals surface area (Å²) in [7, 11) is 0. The molecule has 0 saturated carbocycles. The molecule has 22 heavy (non-hydrogen) atoms. The molecule has 0 atom stereocenters. The number of halogens is 1. The largest absolute Gasteiger partial charge is 0.494 e. The second-order valence-corrected chi connectivity index (χ2v) is 5.15. The van der Waals surface area contributed by atoms with Crippen molar-refractivity contribution in [1.29, 1.82) is 0 Å². The lowest BCUT2D eigenvalue weighted by atomic mass is 10.2. The number of aromatic nitrogens is 2. The first-order valence-corrected chi connectivity index (χ1v) is 7.58. The van der Waals surface area contributed by atoms with Crippen molar-refractivity contribution in [2.24, 2.45) is 5.10 Å². The molecule has 0 unspecified atom stereocenters. The summed E-state index contributed by atoms with van der Waals surface area (Å²) in [5, 5.41) is 4.52. The minimum Gasteiger partial charge on any atom is -0.494 e. The zero-order chi connectivity index (χ0) is 15.8. The summed E-state index contributed by atoms with van der Waals surface area (Å²) < 4.78 is 5.61. The van der Waals surface area contributed by atoms with Crippen LogP contribution in [0.2, 0.25) is 5.15 Å². The Balaban J connectivity index is 1.90. The van der Waals surface area contributed by atoms with Crippen molar-refractivity contribution in [3.05, 3.63) is 46.9 Å². The van der Waals surface area contributed by atoms with Gasteiger partial charge in [0.05, 0.1) is 12.8 Å². The lowest BCUT2D eigenvalue weighted by Crippen LogP contribution is -1.98. The second kappa shape index (κ2) is 8.34. The number of anilines is 1. The molecule has 116 valence electrons. The Morgan fingerprint density at radius 1 is 1.27 bits per heavy atom. The van der Waals surface area contributed by atoms with Gasteiger partial charge in [-0.25, -0.2) is 9.97 Å². The van der Waals surface area contributed by atoms with Crippen molar-refractivity contribution in [3.63, 3.8) is 0 Å². The molecule has 2 aromatic rings. The van der Waals surface area contributed by atoms with Crippen LogP contribution in [0.1, 0.15) is 31.2 Å². The number of nitrogens with zero attached hydrogens (tertiary/aromatic N) is 3. The van der Waals surface area contributed by atoms with Crippen LogP contribution in [0.25, 0.3) is 0 Å². The highest BCUT2D eigenvalue weighted by Gasteiger charge is 1.98. The van der Waals surface area contributed by atoms with E-state index in [2.05, 4.69) is 27.4 Å². The summed E-state index contributed by atoms with van der Waals surface area (Å²) in [4.78, 5) is 8.17. The van der Waals surface area contributed by atoms with Gasteiger partial charge in [0.25, 0.3) is 0 Å². The van der Waals surface area contributed by atoms with Crippen molar-refractivity contribution in [3.8, 4) is 5.75 Å². The first kappa shape index (κ1) is 16.2. The second-order valence-electron chi connectivity index (χ2n) is 4.76. The first-order valence-electron chi connectivity index (χ1n) is 7.20. The van der Waals surface area contributed by atoms with E-state index >= 15 is 0 Å². The van der Waals surface area contributed by atoms with E-state index in [-0.39, 0.29) is 0 Å². The molecule has 6 heteroatoms. The monoisotopic (exact) mass is 318 g/mol. The van der Waals surface area contributed by atoms with Gasteiger partial charge in [0.1, 0.15) is 16.7 Å². The first-order chi connectivity index (χ1) is 10.7. The maximum Gasteiger partial charge on any atom is 0.151 e. The lowest BCUT2D eigenvalue weighted by Gasteiger charge is -2.05. The minimum atomic E-state index is 0.388. The fourth-order valence-corrected chi connectivity index (χ4v) is 1.97. The van der Waals surface area contributed by atoms with E-state index in [1.54, 1.807) is 19.2 Å². The molecule has 0 radical (unpaired) electrons. The molecule has 2 rings (SSSR count). The van der Waals surface area contributed by atoms with Gasteiger partial charge in [0.15, 0.2) is 5.82 Å². The quantitative estimate of drug-likeness (QED) is 0.362. The van der Waals surface area contributed by atoms with E-state index in [1.807, 2.05) is 24.3 Å². The molecule has 0 spiro atoms. The molecule has 0 bridgehead atoms. The summed E-state index contributed by atoms with van der Waals surface area (Å²) in [6, 6.07) is 9.39. The molecule has 0 aliphatic rings. The van der Waals surface area contributed by atoms with E-state index in [4.69, 9.17) is 16.3 Å². The number of unbranched alkanes of at least 4 members (excludes halogenated alkanes) is 1. The molecule has 0 saturated heterocycles. The summed E-state index contributed by atoms with van der Waals surface area (Å²) in [5.41, 5.74) is 3.80. The summed E-state index contributed by atoms with van der Waals surface area (Å²) in [6.45, 7) is 4.67. The maximum atomic E-state index is 5.86. The molecule has 0 fully saturated rings. The van der Waals surface area contributed by atoms with E-state index in [9.17, 15) is 0 Å². The number of ether oxygens (including phenoxy) is 1. The van der Waals surface area contributed by atoms with E-state index in [1.165, 1.54) is 0 Å². The third kappa shape index (κ3) is 5.33. The zero-order valence-electron chi connectivity index (χ0n) is 12.7. The Hall–Kier alpha value is -2.14. The Morgan fingerprint density at radius 2 is 2.05 bits per heavy atom. The Kier molecular flexibility index (Phi) is 6.15. The Labute approximate surface area is 135 Å². The number of hydrogen-bond acceptors (Lipinski definition) is 5. The fraction of sp³-hybridized carbons (Fsp3) is 0.312. The third-order valence-electron chi connectivity index (χ3n) is 2.85. The van der Waals surface area contributed by atoms with Crippen LogP contribution in [0.5, 0.6) is 5.75 Å². The molecular weight excluding hydrogens is 300 g/mol. The minimum absolute atomic E-state index is 0.388. The van der Waals surface area contributed by atoms with Crippen LogP contribution in [-0.4, -0.2) is 22.8 Å². The van der Waals surface area contributed by atoms with Crippen LogP contribution < -0.4 is 10.2 Å². The molecule has 1 N–H and O–H groups in total. The van der Waals surface area contributed by atoms with Gasteiger partial charge in [0.2, 0.25) is 0 Å². The fourth-order valence-electron chi connectivity index (χ4n) is 1.75. The van der Waals surface area contributed by atoms with Gasteiger partial charge in [-0.2, -0.15) is 5.10 Å². The van der Waals surface area contributed by atoms with Gasteiger partial charge in [-0.1, -0.05) is 24.9 Å². The standard InChI is InChI=1S/C16H19ClN4O/c1-3-4-9-22-14-7-5-13(6-8-14)11-18-21-16-10-15(17)19-12(2)20-16/h5-8,10-11H,3-4,9H2,1-2H3,(H,19,20,21). The van der Waals surface area contributed by atoms with E-state index in [0.717, 1.165) is 30.8 Å². The highest BCUT2D eigenvalue weighted by molar-refractivity contribution is 6.29. The Morgan fingerprint density at radius 3 is 2.73 bits per heavy atom. The third-order valence-corrected chi connectivity index (χ3v) is 3.04. The molecule has 0 amide bonds. The molecule has 1 heterocycles. The van der Waals surface area contributed by atoms with Gasteiger partial charge in [-0.05, 0) is 43.2 Å². The van der Waals surface area contributed by atoms with Crippen LogP contribution in [0.15, 0.2) is 35.4 Å². The molecule has 5 nitrogen and oxygen atoms in total. The van der Waals surface area contributed by atoms with E-state index < -0.39 is 0 Å². The number of benzene rings is 1. The normalized spacial score (nSPS) is 10.9. The smallest absolute Gasteiger partial charge is 0.151 e. The number of hydrazone groups is 1. The van der Waals surface area contributed by atoms with Gasteiger partial charge >= 0.3 is 0 Å². The van der Waals surface area contributed by atoms with Crippen molar-refractivity contribution in [1.82, 2.24) is 9.97 Å². The molecule has 0 aliphatic carbocycles. The molecule has 1 aromatic carbocycles. The van der Waals surface area contributed by atoms with Gasteiger partial charge in [0, 0.05) is 6.07 Å². The summed E-state index contributed by atoms with van der Waals surface area (Å²) >= 11 is 5.86. The highest BCUT2D eigenvalue weighted by atomic mass is 35.5. The number of nitrogens with one attached hydrogen (secondary N) is 1. The molecule has 1 aromatic heterocycles. The van der Waals surface area contributed by atoms with Crippen molar-refractivity contribution >= 4 is 23.6 Å². The highest BCUT2D eigenvalue weighted by Crippen LogP contribution is 2.13. The Bertz CT molecular complexity index is 608. The predicted octanol–water partition coefficient (Wildman–Crippen LogP) is 4.06. The average Bonchev–Trinajstić information content (AvgIpc) is 2.48. The molecule has 0 aliphatic heterocycles. The zero-order valence-corrected chi connectivity index (χ0v) is 13.5. The van der Waals surface area contributed by atoms with Gasteiger partial charge in [-0.3, -0.25) is 5.43 Å². The topological polar surface area (TPSA) is 59.4 Å². The van der Waals surface area contributed by atoms with E-state index in [0.29, 0.717) is 16.8 Å². The van der Waals surface area contributed by atoms with Crippen LogP contribution in [0, 0.1) is 6.92 Å². The van der Waals surface area contributed by atoms with Crippen LogP contribution in [-0.2, 0) is 0 Å². The van der Waals surface area contributed by atoms with Gasteiger partial charge in [-0.15, -0.1) is 0 Å². The van der Waals surface area contributed by atoms with Crippen LogP contribution in [0.4, 0.5) is 5.82 Å². The summed E-state index contributed by atoms with van der Waals surface area (Å²) in [6.07, 6.45) is 3.90. The van der Waals surface area contributed by atoms with Crippen molar-refractivity contribution in [2.75, 3.05) is 12.0 Å². The van der Waals surface area contributed by atoms with Crippen molar-refractivity contribution < 1.29 is 4.74 Å². The van der Waals surface area contributed by atoms with Gasteiger partial charge < -0.3 is 4.74 Å². The number of hydrogen-bond donors (Lipinski definition) is 1. The maximum absolute atomic E-state index is 5.86. The van der Waals surface area contributed by atoms with Crippen LogP contribution in [0.3, 0.4) is 0 Å². The average molecular weight is 319 g/mol.